The Kier molecular flexibility index (Phi) is 5.70. The molecule has 0 heterocycles. The first kappa shape index (κ1) is 21.4. The summed E-state index contributed by atoms with van der Waals surface area (Å²) in [6.07, 6.45) is 8.17. The van der Waals surface area contributed by atoms with Crippen LogP contribution in [0.4, 0.5) is 0 Å². The molecule has 3 aliphatic carbocycles. The molecule has 0 aromatic rings. The highest BCUT2D eigenvalue weighted by atomic mass is 16.5. The average Bonchev–Trinajstić information content (AvgIpc) is 2.71. The third-order valence-corrected chi connectivity index (χ3v) is 7.68. The van der Waals surface area contributed by atoms with Gasteiger partial charge in [-0.05, 0) is 69.1 Å². The van der Waals surface area contributed by atoms with Crippen LogP contribution in [0, 0.1) is 22.7 Å². The van der Waals surface area contributed by atoms with Gasteiger partial charge in [-0.1, -0.05) is 25.5 Å². The number of aliphatic hydroxyl groups is 1. The van der Waals surface area contributed by atoms with Gasteiger partial charge >= 0.3 is 11.9 Å². The molecule has 0 bridgehead atoms. The van der Waals surface area contributed by atoms with Gasteiger partial charge in [0.15, 0.2) is 0 Å². The molecule has 158 valence electrons. The topological polar surface area (TPSA) is 72.8 Å². The minimum absolute atomic E-state index is 0.0439. The van der Waals surface area contributed by atoms with E-state index in [0.717, 1.165) is 38.5 Å². The lowest BCUT2D eigenvalue weighted by atomic mass is 9.46. The summed E-state index contributed by atoms with van der Waals surface area (Å²) in [5, 5.41) is 10.6. The van der Waals surface area contributed by atoms with Crippen molar-refractivity contribution in [2.75, 3.05) is 6.61 Å². The van der Waals surface area contributed by atoms with Crippen LogP contribution in [0.25, 0.3) is 0 Å². The first-order valence-corrected chi connectivity index (χ1v) is 10.7. The summed E-state index contributed by atoms with van der Waals surface area (Å²) in [6.45, 7) is 9.72. The van der Waals surface area contributed by atoms with Gasteiger partial charge < -0.3 is 14.6 Å². The minimum atomic E-state index is -0.652. The van der Waals surface area contributed by atoms with E-state index in [9.17, 15) is 14.7 Å². The third kappa shape index (κ3) is 4.14. The van der Waals surface area contributed by atoms with Gasteiger partial charge in [0.25, 0.3) is 0 Å². The Morgan fingerprint density at radius 1 is 1.14 bits per heavy atom. The van der Waals surface area contributed by atoms with Crippen LogP contribution in [0.3, 0.4) is 0 Å². The Hall–Kier alpha value is -1.36. The lowest BCUT2D eigenvalue weighted by molar-refractivity contribution is -0.176. The SMILES string of the molecule is CC(=O)OC[C@]1(C)C[C@@H](OC(C)=O)C[C@@]2(C)[C@@H]3CC[C@](C)(O)CC=C3CC[C@H]12. The number of esters is 2. The molecule has 0 unspecified atom stereocenters. The molecule has 0 amide bonds. The Labute approximate surface area is 168 Å². The zero-order valence-electron chi connectivity index (χ0n) is 18.0. The normalized spacial score (nSPS) is 43.1. The number of allylic oxidation sites excluding steroid dienone is 1. The second-order valence-corrected chi connectivity index (χ2v) is 10.2. The number of carbonyl (C=O) groups is 2. The van der Waals surface area contributed by atoms with Crippen molar-refractivity contribution in [3.8, 4) is 0 Å². The standard InChI is InChI=1S/C23H36O5/c1-15(24)27-14-21(3)12-18(28-16(2)25)13-23(5)19-9-11-22(4,26)10-8-17(19)6-7-20(21)23/h8,18-20,26H,6-7,9-14H2,1-5H3/t18-,19-,20-,21+,22-,23+/m1/s1. The molecule has 0 radical (unpaired) electrons. The first-order valence-electron chi connectivity index (χ1n) is 10.7. The summed E-state index contributed by atoms with van der Waals surface area (Å²) in [7, 11) is 0. The van der Waals surface area contributed by atoms with Crippen LogP contribution in [0.5, 0.6) is 0 Å². The van der Waals surface area contributed by atoms with Crippen LogP contribution in [0.1, 0.15) is 79.6 Å². The van der Waals surface area contributed by atoms with E-state index in [0.29, 0.717) is 24.9 Å². The molecule has 0 aliphatic heterocycles. The van der Waals surface area contributed by atoms with Gasteiger partial charge in [0.1, 0.15) is 6.10 Å². The number of fused-ring (bicyclic) bond motifs is 3. The van der Waals surface area contributed by atoms with E-state index in [1.54, 1.807) is 0 Å². The summed E-state index contributed by atoms with van der Waals surface area (Å²) in [4.78, 5) is 23.3. The van der Waals surface area contributed by atoms with E-state index in [1.807, 2.05) is 6.92 Å². The molecular weight excluding hydrogens is 356 g/mol. The Bertz CT molecular complexity index is 666. The Morgan fingerprint density at radius 3 is 2.50 bits per heavy atom. The smallest absolute Gasteiger partial charge is 0.302 e. The van der Waals surface area contributed by atoms with E-state index in [-0.39, 0.29) is 28.9 Å². The molecule has 0 spiro atoms. The fourth-order valence-electron chi connectivity index (χ4n) is 6.55. The minimum Gasteiger partial charge on any atom is -0.465 e. The van der Waals surface area contributed by atoms with E-state index in [1.165, 1.54) is 19.4 Å². The van der Waals surface area contributed by atoms with Crippen LogP contribution < -0.4 is 0 Å². The summed E-state index contributed by atoms with van der Waals surface area (Å²) < 4.78 is 11.2. The van der Waals surface area contributed by atoms with Crippen molar-refractivity contribution < 1.29 is 24.2 Å². The molecule has 1 N–H and O–H groups in total. The van der Waals surface area contributed by atoms with Crippen molar-refractivity contribution >= 4 is 11.9 Å². The zero-order valence-corrected chi connectivity index (χ0v) is 18.0. The van der Waals surface area contributed by atoms with E-state index in [4.69, 9.17) is 9.47 Å². The first-order chi connectivity index (χ1) is 13.0. The van der Waals surface area contributed by atoms with Gasteiger partial charge in [0.05, 0.1) is 12.2 Å². The predicted molar refractivity (Wildman–Crippen MR) is 106 cm³/mol. The molecule has 0 aromatic carbocycles. The summed E-state index contributed by atoms with van der Waals surface area (Å²) in [6, 6.07) is 0. The fraction of sp³-hybridized carbons (Fsp3) is 0.826. The van der Waals surface area contributed by atoms with Crippen molar-refractivity contribution in [1.82, 2.24) is 0 Å². The lowest BCUT2D eigenvalue weighted by Crippen LogP contribution is -2.56. The summed E-state index contributed by atoms with van der Waals surface area (Å²) >= 11 is 0. The highest BCUT2D eigenvalue weighted by molar-refractivity contribution is 5.66. The number of carbonyl (C=O) groups excluding carboxylic acids is 2. The number of rotatable bonds is 3. The van der Waals surface area contributed by atoms with Crippen molar-refractivity contribution in [1.29, 1.82) is 0 Å². The number of hydrogen-bond donors (Lipinski definition) is 1. The molecule has 2 saturated carbocycles. The summed E-state index contributed by atoms with van der Waals surface area (Å²) in [5.41, 5.74) is 0.535. The molecule has 2 fully saturated rings. The highest BCUT2D eigenvalue weighted by Crippen LogP contribution is 2.63. The maximum Gasteiger partial charge on any atom is 0.302 e. The van der Waals surface area contributed by atoms with Crippen LogP contribution in [-0.2, 0) is 19.1 Å². The van der Waals surface area contributed by atoms with Crippen LogP contribution in [0.15, 0.2) is 11.6 Å². The third-order valence-electron chi connectivity index (χ3n) is 7.68. The quantitative estimate of drug-likeness (QED) is 0.576. The van der Waals surface area contributed by atoms with Gasteiger partial charge in [-0.2, -0.15) is 0 Å². The largest absolute Gasteiger partial charge is 0.465 e. The van der Waals surface area contributed by atoms with Crippen LogP contribution in [0.2, 0.25) is 0 Å². The predicted octanol–water partition coefficient (Wildman–Crippen LogP) is 4.18. The molecule has 0 saturated heterocycles. The molecule has 5 nitrogen and oxygen atoms in total. The fourth-order valence-corrected chi connectivity index (χ4v) is 6.55. The highest BCUT2D eigenvalue weighted by Gasteiger charge is 2.58. The van der Waals surface area contributed by atoms with E-state index in [2.05, 4.69) is 19.9 Å². The van der Waals surface area contributed by atoms with Crippen LogP contribution >= 0.6 is 0 Å². The molecule has 0 aromatic heterocycles. The van der Waals surface area contributed by atoms with Crippen molar-refractivity contribution in [3.05, 3.63) is 11.6 Å². The van der Waals surface area contributed by atoms with Gasteiger partial charge in [0.2, 0.25) is 0 Å². The zero-order chi connectivity index (χ0) is 20.7. The second-order valence-electron chi connectivity index (χ2n) is 10.2. The van der Waals surface area contributed by atoms with Crippen molar-refractivity contribution in [2.24, 2.45) is 22.7 Å². The average molecular weight is 393 g/mol. The number of hydrogen-bond acceptors (Lipinski definition) is 5. The molecule has 5 heteroatoms. The van der Waals surface area contributed by atoms with Gasteiger partial charge in [-0.3, -0.25) is 9.59 Å². The summed E-state index contributed by atoms with van der Waals surface area (Å²) in [5.74, 6) is 0.239. The molecule has 3 rings (SSSR count). The Balaban J connectivity index is 1.95. The molecule has 3 aliphatic rings. The van der Waals surface area contributed by atoms with Crippen LogP contribution in [-0.4, -0.2) is 35.4 Å². The number of ether oxygens (including phenoxy) is 2. The lowest BCUT2D eigenvalue weighted by Gasteiger charge is -2.60. The maximum absolute atomic E-state index is 11.7. The van der Waals surface area contributed by atoms with E-state index >= 15 is 0 Å². The maximum atomic E-state index is 11.7. The second kappa shape index (κ2) is 7.47. The van der Waals surface area contributed by atoms with Gasteiger partial charge in [0, 0.05) is 19.3 Å². The van der Waals surface area contributed by atoms with Crippen molar-refractivity contribution in [2.45, 2.75) is 91.3 Å². The Morgan fingerprint density at radius 2 is 1.86 bits per heavy atom. The van der Waals surface area contributed by atoms with Gasteiger partial charge in [-0.15, -0.1) is 0 Å². The molecular formula is C23H36O5. The van der Waals surface area contributed by atoms with Crippen molar-refractivity contribution in [3.63, 3.8) is 0 Å². The molecule has 28 heavy (non-hydrogen) atoms. The molecule has 6 atom stereocenters. The van der Waals surface area contributed by atoms with E-state index < -0.39 is 5.60 Å². The monoisotopic (exact) mass is 392 g/mol. The van der Waals surface area contributed by atoms with Gasteiger partial charge in [-0.25, -0.2) is 0 Å².